The Morgan fingerprint density at radius 2 is 0.957 bits per heavy atom. The van der Waals surface area contributed by atoms with Crippen molar-refractivity contribution in [3.8, 4) is 0 Å². The molecule has 15 nitrogen and oxygen atoms in total. The fraction of sp³-hybridized carbons (Fsp3) is 0.138. The summed E-state index contributed by atoms with van der Waals surface area (Å²) in [6, 6.07) is 15.1. The van der Waals surface area contributed by atoms with Gasteiger partial charge in [0.25, 0.3) is 31.9 Å². The molecule has 0 bridgehead atoms. The summed E-state index contributed by atoms with van der Waals surface area (Å²) < 4.78 is 65.6. The Hall–Kier alpha value is -5.55. The van der Waals surface area contributed by atoms with Gasteiger partial charge < -0.3 is 19.7 Å². The molecule has 0 radical (unpaired) electrons. The van der Waals surface area contributed by atoms with Crippen molar-refractivity contribution in [2.75, 3.05) is 20.1 Å². The van der Waals surface area contributed by atoms with Crippen molar-refractivity contribution >= 4 is 55.0 Å². The third-order valence-corrected chi connectivity index (χ3v) is 9.52. The molecule has 3 aromatic heterocycles. The molecule has 0 unspecified atom stereocenters. The lowest BCUT2D eigenvalue weighted by Crippen LogP contribution is -2.19. The van der Waals surface area contributed by atoms with E-state index in [1.54, 1.807) is 27.7 Å². The molecule has 17 heteroatoms. The second kappa shape index (κ2) is 12.4. The lowest BCUT2D eigenvalue weighted by Gasteiger charge is -2.10. The minimum Gasteiger partial charge on any atom is -0.337 e. The zero-order valence-electron chi connectivity index (χ0n) is 24.8. The lowest BCUT2D eigenvalue weighted by molar-refractivity contribution is 0.101. The summed E-state index contributed by atoms with van der Waals surface area (Å²) in [5.74, 6) is -1.27. The number of nitrogens with zero attached hydrogens (tertiary/aromatic N) is 3. The minimum atomic E-state index is -3.98. The molecule has 5 aromatic rings. The van der Waals surface area contributed by atoms with Crippen LogP contribution in [0, 0.1) is 27.7 Å². The summed E-state index contributed by atoms with van der Waals surface area (Å²) in [6.07, 6.45) is 0. The average Bonchev–Trinajstić information content (AvgIpc) is 3.51. The van der Waals surface area contributed by atoms with E-state index >= 15 is 0 Å². The molecule has 4 N–H and O–H groups in total. The Balaban J connectivity index is 1.21. The van der Waals surface area contributed by atoms with E-state index in [0.29, 0.717) is 22.5 Å². The van der Waals surface area contributed by atoms with E-state index in [4.69, 9.17) is 9.05 Å². The number of nitrogens with one attached hydrogen (secondary N) is 4. The number of hydrogen-bond acceptors (Lipinski definition) is 11. The van der Waals surface area contributed by atoms with E-state index in [0.717, 1.165) is 0 Å². The largest absolute Gasteiger partial charge is 0.337 e. The van der Waals surface area contributed by atoms with Crippen molar-refractivity contribution in [2.24, 2.45) is 0 Å². The van der Waals surface area contributed by atoms with Crippen molar-refractivity contribution in [2.45, 2.75) is 37.5 Å². The molecule has 0 fully saturated rings. The van der Waals surface area contributed by atoms with Crippen LogP contribution in [0.15, 0.2) is 85.6 Å². The number of aromatic nitrogens is 3. The summed E-state index contributed by atoms with van der Waals surface area (Å²) in [7, 11) is -7.95. The van der Waals surface area contributed by atoms with E-state index < -0.39 is 31.9 Å². The van der Waals surface area contributed by atoms with E-state index in [9.17, 15) is 26.4 Å². The van der Waals surface area contributed by atoms with Gasteiger partial charge in [-0.15, -0.1) is 0 Å². The highest BCUT2D eigenvalue weighted by Gasteiger charge is 2.21. The van der Waals surface area contributed by atoms with Gasteiger partial charge in [-0.3, -0.25) is 9.59 Å². The maximum atomic E-state index is 12.9. The molecular formula is C29H27N7O8S2. The maximum absolute atomic E-state index is 12.9. The molecule has 46 heavy (non-hydrogen) atoms. The maximum Gasteiger partial charge on any atom is 0.274 e. The Labute approximate surface area is 263 Å². The van der Waals surface area contributed by atoms with Gasteiger partial charge in [-0.1, -0.05) is 16.4 Å². The van der Waals surface area contributed by atoms with Crippen molar-refractivity contribution < 1.29 is 35.5 Å². The molecule has 0 aliphatic carbocycles. The van der Waals surface area contributed by atoms with Gasteiger partial charge in [0, 0.05) is 22.5 Å². The van der Waals surface area contributed by atoms with E-state index in [2.05, 4.69) is 35.4 Å². The van der Waals surface area contributed by atoms with Gasteiger partial charge in [-0.05, 0) is 88.4 Å². The van der Waals surface area contributed by atoms with Crippen molar-refractivity contribution in [3.05, 3.63) is 101 Å². The summed E-state index contributed by atoms with van der Waals surface area (Å²) >= 11 is 0. The minimum absolute atomic E-state index is 0.0105. The fourth-order valence-electron chi connectivity index (χ4n) is 3.90. The molecule has 0 spiro atoms. The van der Waals surface area contributed by atoms with Crippen molar-refractivity contribution in [3.63, 3.8) is 0 Å². The molecule has 2 amide bonds. The van der Waals surface area contributed by atoms with Crippen LogP contribution in [0.3, 0.4) is 0 Å². The monoisotopic (exact) mass is 665 g/mol. The highest BCUT2D eigenvalue weighted by molar-refractivity contribution is 7.93. The fourth-order valence-corrected chi connectivity index (χ4v) is 5.99. The number of anilines is 4. The lowest BCUT2D eigenvalue weighted by atomic mass is 10.2. The van der Waals surface area contributed by atoms with Gasteiger partial charge >= 0.3 is 0 Å². The first kappa shape index (κ1) is 31.9. The van der Waals surface area contributed by atoms with Gasteiger partial charge in [-0.2, -0.15) is 0 Å². The highest BCUT2D eigenvalue weighted by atomic mass is 32.2. The Kier molecular flexibility index (Phi) is 8.62. The zero-order chi connectivity index (χ0) is 33.2. The third kappa shape index (κ3) is 6.89. The molecule has 0 saturated carbocycles. The number of benzene rings is 2. The number of carbonyl (C=O) groups is 2. The van der Waals surface area contributed by atoms with Gasteiger partial charge in [0.1, 0.15) is 11.4 Å². The molecule has 5 rings (SSSR count). The Morgan fingerprint density at radius 3 is 1.28 bits per heavy atom. The van der Waals surface area contributed by atoms with Gasteiger partial charge in [-0.25, -0.2) is 31.3 Å². The van der Waals surface area contributed by atoms with Crippen LogP contribution in [0.5, 0.6) is 0 Å². The molecule has 3 heterocycles. The van der Waals surface area contributed by atoms with Crippen LogP contribution in [0.2, 0.25) is 0 Å². The molecule has 0 atom stereocenters. The smallest absolute Gasteiger partial charge is 0.274 e. The van der Waals surface area contributed by atoms with Crippen LogP contribution in [0.4, 0.5) is 23.1 Å². The Bertz CT molecular complexity index is 2010. The van der Waals surface area contributed by atoms with Crippen molar-refractivity contribution in [1.82, 2.24) is 15.3 Å². The van der Waals surface area contributed by atoms with Gasteiger partial charge in [0.2, 0.25) is 11.8 Å². The topological polar surface area (TPSA) is 215 Å². The number of sulfonamides is 2. The van der Waals surface area contributed by atoms with E-state index in [1.165, 1.54) is 66.7 Å². The Morgan fingerprint density at radius 1 is 0.587 bits per heavy atom. The van der Waals surface area contributed by atoms with E-state index in [1.807, 2.05) is 0 Å². The summed E-state index contributed by atoms with van der Waals surface area (Å²) in [5.41, 5.74) is 2.63. The van der Waals surface area contributed by atoms with Crippen LogP contribution >= 0.6 is 0 Å². The zero-order valence-corrected chi connectivity index (χ0v) is 26.4. The SMILES string of the molecule is Cc1noc(NS(=O)(=O)c2ccc(NC(=O)c3cccc(C(=O)Nc4ccc(S(=O)(=O)Nc5onc(C)c5C)cc4)n3)cc2)c1C. The first-order chi connectivity index (χ1) is 21.7. The second-order valence-electron chi connectivity index (χ2n) is 10.0. The molecule has 238 valence electrons. The van der Waals surface area contributed by atoms with Crippen LogP contribution in [-0.4, -0.2) is 43.9 Å². The highest BCUT2D eigenvalue weighted by Crippen LogP contribution is 2.24. The van der Waals surface area contributed by atoms with Crippen LogP contribution < -0.4 is 20.1 Å². The number of carbonyl (C=O) groups excluding carboxylic acids is 2. The normalized spacial score (nSPS) is 11.6. The predicted molar refractivity (Wildman–Crippen MR) is 167 cm³/mol. The second-order valence-corrected chi connectivity index (χ2v) is 13.4. The average molecular weight is 666 g/mol. The molecule has 0 saturated heterocycles. The number of hydrogen-bond donors (Lipinski definition) is 4. The molecule has 2 aromatic carbocycles. The van der Waals surface area contributed by atoms with Gasteiger partial charge in [0.15, 0.2) is 0 Å². The third-order valence-electron chi connectivity index (χ3n) is 6.83. The summed E-state index contributed by atoms with van der Waals surface area (Å²) in [6.45, 7) is 6.71. The predicted octanol–water partition coefficient (Wildman–Crippen LogP) is 4.40. The van der Waals surface area contributed by atoms with Crippen LogP contribution in [0.1, 0.15) is 43.5 Å². The van der Waals surface area contributed by atoms with Gasteiger partial charge in [0.05, 0.1) is 21.2 Å². The number of pyridine rings is 1. The summed E-state index contributed by atoms with van der Waals surface area (Å²) in [4.78, 5) is 29.7. The molecule has 0 aliphatic heterocycles. The van der Waals surface area contributed by atoms with Crippen molar-refractivity contribution in [1.29, 1.82) is 0 Å². The number of aryl methyl sites for hydroxylation is 2. The van der Waals surface area contributed by atoms with Crippen LogP contribution in [-0.2, 0) is 20.0 Å². The number of rotatable bonds is 10. The summed E-state index contributed by atoms with van der Waals surface area (Å²) in [5, 5.41) is 12.7. The quantitative estimate of drug-likeness (QED) is 0.164. The van der Waals surface area contributed by atoms with E-state index in [-0.39, 0.29) is 44.3 Å². The first-order valence-electron chi connectivity index (χ1n) is 13.4. The number of amides is 2. The standard InChI is InChI=1S/C29H27N7O8S2/c1-16-18(3)33-43-28(16)35-45(39,40)22-12-8-20(9-13-22)30-26(37)24-6-5-7-25(32-24)27(38)31-21-10-14-23(15-11-21)46(41,42)36-29-17(2)19(4)34-44-29/h5-15,35-36H,1-4H3,(H,30,37)(H,31,38). The molecule has 0 aliphatic rings. The molecular weight excluding hydrogens is 638 g/mol. The first-order valence-corrected chi connectivity index (χ1v) is 16.4. The van der Waals surface area contributed by atoms with Crippen LogP contribution in [0.25, 0.3) is 0 Å².